The molecule has 0 saturated heterocycles. The van der Waals surface area contributed by atoms with E-state index in [0.717, 1.165) is 29.8 Å². The second kappa shape index (κ2) is 5.70. The number of carbonyl (C=O) groups is 1. The first-order valence-electron chi connectivity index (χ1n) is 5.19. The van der Waals surface area contributed by atoms with E-state index in [1.807, 2.05) is 6.92 Å². The van der Waals surface area contributed by atoms with E-state index in [4.69, 9.17) is 4.74 Å². The number of aromatic nitrogens is 2. The van der Waals surface area contributed by atoms with Crippen LogP contribution in [0.15, 0.2) is 12.3 Å². The van der Waals surface area contributed by atoms with Crippen molar-refractivity contribution in [2.24, 2.45) is 0 Å². The molecular weight excluding hydrogens is 237 g/mol. The molecule has 0 saturated carbocycles. The van der Waals surface area contributed by atoms with Crippen molar-refractivity contribution in [1.29, 1.82) is 0 Å². The van der Waals surface area contributed by atoms with Crippen molar-refractivity contribution >= 4 is 5.97 Å². The molecule has 1 aromatic heterocycles. The van der Waals surface area contributed by atoms with Crippen LogP contribution in [0.4, 0.5) is 13.2 Å². The van der Waals surface area contributed by atoms with Gasteiger partial charge in [-0.25, -0.2) is 0 Å². The molecule has 1 aromatic rings. The molecule has 1 rings (SSSR count). The highest BCUT2D eigenvalue weighted by molar-refractivity contribution is 5.68. The highest BCUT2D eigenvalue weighted by Crippen LogP contribution is 2.27. The molecule has 0 aliphatic rings. The van der Waals surface area contributed by atoms with Crippen molar-refractivity contribution in [2.75, 3.05) is 6.61 Å². The summed E-state index contributed by atoms with van der Waals surface area (Å²) in [5, 5.41) is 3.24. The van der Waals surface area contributed by atoms with Crippen molar-refractivity contribution in [1.82, 2.24) is 9.78 Å². The lowest BCUT2D eigenvalue weighted by molar-refractivity contribution is -0.146. The van der Waals surface area contributed by atoms with Crippen LogP contribution in [-0.2, 0) is 22.3 Å². The second-order valence-corrected chi connectivity index (χ2v) is 3.47. The Labute approximate surface area is 96.4 Å². The second-order valence-electron chi connectivity index (χ2n) is 3.47. The largest absolute Gasteiger partial charge is 0.464 e. The quantitative estimate of drug-likeness (QED) is 0.594. The molecule has 0 unspecified atom stereocenters. The SMILES string of the molecule is CCCCOC(=O)Cn1ccc(C(F)(F)F)n1. The van der Waals surface area contributed by atoms with Crippen LogP contribution < -0.4 is 0 Å². The highest BCUT2D eigenvalue weighted by atomic mass is 19.4. The van der Waals surface area contributed by atoms with E-state index < -0.39 is 17.8 Å². The van der Waals surface area contributed by atoms with Crippen LogP contribution in [0.2, 0.25) is 0 Å². The fraction of sp³-hybridized carbons (Fsp3) is 0.600. The van der Waals surface area contributed by atoms with Crippen LogP contribution in [0, 0.1) is 0 Å². The number of carbonyl (C=O) groups excluding carboxylic acids is 1. The topological polar surface area (TPSA) is 44.1 Å². The fourth-order valence-electron chi connectivity index (χ4n) is 1.11. The highest BCUT2D eigenvalue weighted by Gasteiger charge is 2.33. The van der Waals surface area contributed by atoms with Crippen LogP contribution in [0.5, 0.6) is 0 Å². The number of hydrogen-bond acceptors (Lipinski definition) is 3. The van der Waals surface area contributed by atoms with Gasteiger partial charge in [0.05, 0.1) is 6.61 Å². The maximum absolute atomic E-state index is 12.2. The third kappa shape index (κ3) is 4.46. The van der Waals surface area contributed by atoms with Gasteiger partial charge in [-0.1, -0.05) is 13.3 Å². The van der Waals surface area contributed by atoms with E-state index in [9.17, 15) is 18.0 Å². The summed E-state index contributed by atoms with van der Waals surface area (Å²) in [6.45, 7) is 1.92. The van der Waals surface area contributed by atoms with E-state index in [1.54, 1.807) is 0 Å². The van der Waals surface area contributed by atoms with Gasteiger partial charge in [-0.3, -0.25) is 9.48 Å². The summed E-state index contributed by atoms with van der Waals surface area (Å²) in [7, 11) is 0. The summed E-state index contributed by atoms with van der Waals surface area (Å²) in [6, 6.07) is 0.819. The van der Waals surface area contributed by atoms with Crippen LogP contribution in [0.3, 0.4) is 0 Å². The van der Waals surface area contributed by atoms with Crippen molar-refractivity contribution in [3.63, 3.8) is 0 Å². The standard InChI is InChI=1S/C10H13F3N2O2/c1-2-3-6-17-9(16)7-15-5-4-8(14-15)10(11,12)13/h4-5H,2-3,6-7H2,1H3. The number of unbranched alkanes of at least 4 members (excludes halogenated alkanes) is 1. The molecule has 96 valence electrons. The van der Waals surface area contributed by atoms with Crippen LogP contribution in [-0.4, -0.2) is 22.4 Å². The molecule has 1 heterocycles. The number of ether oxygens (including phenoxy) is 1. The van der Waals surface area contributed by atoms with Gasteiger partial charge < -0.3 is 4.74 Å². The summed E-state index contributed by atoms with van der Waals surface area (Å²) >= 11 is 0. The summed E-state index contributed by atoms with van der Waals surface area (Å²) in [6.07, 6.45) is -1.77. The van der Waals surface area contributed by atoms with Crippen LogP contribution in [0.25, 0.3) is 0 Å². The van der Waals surface area contributed by atoms with Gasteiger partial charge >= 0.3 is 12.1 Å². The maximum Gasteiger partial charge on any atom is 0.435 e. The summed E-state index contributed by atoms with van der Waals surface area (Å²) in [5.41, 5.74) is -1.01. The van der Waals surface area contributed by atoms with Crippen LogP contribution >= 0.6 is 0 Å². The molecule has 17 heavy (non-hydrogen) atoms. The zero-order valence-electron chi connectivity index (χ0n) is 9.33. The number of hydrogen-bond donors (Lipinski definition) is 0. The summed E-state index contributed by atoms with van der Waals surface area (Å²) in [4.78, 5) is 11.2. The van der Waals surface area contributed by atoms with E-state index in [2.05, 4.69) is 5.10 Å². The normalized spacial score (nSPS) is 11.5. The lowest BCUT2D eigenvalue weighted by Crippen LogP contribution is -2.15. The minimum absolute atomic E-state index is 0.280. The van der Waals surface area contributed by atoms with E-state index >= 15 is 0 Å². The van der Waals surface area contributed by atoms with Gasteiger partial charge in [-0.2, -0.15) is 18.3 Å². The Hall–Kier alpha value is -1.53. The molecular formula is C10H13F3N2O2. The Balaban J connectivity index is 2.46. The van der Waals surface area contributed by atoms with Crippen molar-refractivity contribution in [3.8, 4) is 0 Å². The van der Waals surface area contributed by atoms with E-state index in [0.29, 0.717) is 0 Å². The van der Waals surface area contributed by atoms with Gasteiger partial charge in [0, 0.05) is 6.20 Å². The predicted molar refractivity (Wildman–Crippen MR) is 53.1 cm³/mol. The molecule has 4 nitrogen and oxygen atoms in total. The third-order valence-corrected chi connectivity index (χ3v) is 1.98. The lowest BCUT2D eigenvalue weighted by Gasteiger charge is -2.04. The first kappa shape index (κ1) is 13.5. The van der Waals surface area contributed by atoms with Crippen molar-refractivity contribution < 1.29 is 22.7 Å². The number of alkyl halides is 3. The van der Waals surface area contributed by atoms with Gasteiger partial charge in [0.1, 0.15) is 6.54 Å². The average molecular weight is 250 g/mol. The monoisotopic (exact) mass is 250 g/mol. The minimum Gasteiger partial charge on any atom is -0.464 e. The van der Waals surface area contributed by atoms with Gasteiger partial charge in [-0.15, -0.1) is 0 Å². The Bertz CT molecular complexity index is 374. The maximum atomic E-state index is 12.2. The Morgan fingerprint density at radius 1 is 1.53 bits per heavy atom. The molecule has 0 bridgehead atoms. The molecule has 0 aliphatic heterocycles. The van der Waals surface area contributed by atoms with Gasteiger partial charge in [-0.05, 0) is 12.5 Å². The van der Waals surface area contributed by atoms with Crippen molar-refractivity contribution in [3.05, 3.63) is 18.0 Å². The molecule has 0 aromatic carbocycles. The molecule has 0 fully saturated rings. The van der Waals surface area contributed by atoms with E-state index in [1.165, 1.54) is 0 Å². The Morgan fingerprint density at radius 3 is 2.76 bits per heavy atom. The van der Waals surface area contributed by atoms with Crippen molar-refractivity contribution in [2.45, 2.75) is 32.5 Å². The first-order valence-corrected chi connectivity index (χ1v) is 5.19. The minimum atomic E-state index is -4.49. The summed E-state index contributed by atoms with van der Waals surface area (Å²) < 4.78 is 42.3. The van der Waals surface area contributed by atoms with Gasteiger partial charge in [0.2, 0.25) is 0 Å². The van der Waals surface area contributed by atoms with Gasteiger partial charge in [0.15, 0.2) is 5.69 Å². The van der Waals surface area contributed by atoms with E-state index in [-0.39, 0.29) is 13.2 Å². The number of nitrogens with zero attached hydrogens (tertiary/aromatic N) is 2. The third-order valence-electron chi connectivity index (χ3n) is 1.98. The van der Waals surface area contributed by atoms with Crippen LogP contribution in [0.1, 0.15) is 25.5 Å². The average Bonchev–Trinajstić information content (AvgIpc) is 2.66. The number of rotatable bonds is 5. The smallest absolute Gasteiger partial charge is 0.435 e. The molecule has 0 aliphatic carbocycles. The predicted octanol–water partition coefficient (Wildman–Crippen LogP) is 2.25. The Kier molecular flexibility index (Phi) is 4.53. The Morgan fingerprint density at radius 2 is 2.24 bits per heavy atom. The summed E-state index contributed by atoms with van der Waals surface area (Å²) in [5.74, 6) is -0.588. The molecule has 0 radical (unpaired) electrons. The molecule has 0 amide bonds. The molecule has 7 heteroatoms. The molecule has 0 N–H and O–H groups in total. The zero-order valence-corrected chi connectivity index (χ0v) is 9.33. The van der Waals surface area contributed by atoms with Gasteiger partial charge in [0.25, 0.3) is 0 Å². The number of halogens is 3. The fourth-order valence-corrected chi connectivity index (χ4v) is 1.11. The number of esters is 1. The molecule has 0 atom stereocenters. The first-order chi connectivity index (χ1) is 7.93. The zero-order chi connectivity index (χ0) is 12.9. The lowest BCUT2D eigenvalue weighted by atomic mass is 10.4. The molecule has 0 spiro atoms.